The number of halogens is 1. The molecule has 3 N–H and O–H groups in total. The second-order valence-corrected chi connectivity index (χ2v) is 4.89. The van der Waals surface area contributed by atoms with Crippen LogP contribution in [-0.2, 0) is 11.3 Å². The Bertz CT molecular complexity index is 408. The van der Waals surface area contributed by atoms with Crippen LogP contribution in [0.5, 0.6) is 0 Å². The number of benzene rings is 1. The summed E-state index contributed by atoms with van der Waals surface area (Å²) in [6.07, 6.45) is 0.269. The van der Waals surface area contributed by atoms with E-state index in [4.69, 9.17) is 22.4 Å². The zero-order valence-electron chi connectivity index (χ0n) is 11.2. The maximum absolute atomic E-state index is 12.1. The lowest BCUT2D eigenvalue weighted by Crippen LogP contribution is -2.34. The quantitative estimate of drug-likeness (QED) is 0.800. The van der Waals surface area contributed by atoms with Gasteiger partial charge in [-0.3, -0.25) is 4.79 Å². The molecule has 0 bridgehead atoms. The molecule has 0 aliphatic heterocycles. The molecule has 0 aliphatic rings. The molecule has 1 atom stereocenters. The van der Waals surface area contributed by atoms with E-state index in [0.717, 1.165) is 5.56 Å². The third-order valence-corrected chi connectivity index (χ3v) is 3.48. The molecule has 0 aromatic heterocycles. The molecule has 0 spiro atoms. The van der Waals surface area contributed by atoms with Gasteiger partial charge in [-0.1, -0.05) is 29.8 Å². The Morgan fingerprint density at radius 2 is 2.16 bits per heavy atom. The molecule has 0 unspecified atom stereocenters. The topological polar surface area (TPSA) is 66.6 Å². The van der Waals surface area contributed by atoms with Crippen LogP contribution in [0, 0.1) is 5.92 Å². The monoisotopic (exact) mass is 284 g/mol. The highest BCUT2D eigenvalue weighted by molar-refractivity contribution is 6.31. The first-order chi connectivity index (χ1) is 9.12. The molecule has 106 valence electrons. The van der Waals surface area contributed by atoms with E-state index in [9.17, 15) is 4.79 Å². The molecule has 0 aliphatic carbocycles. The zero-order valence-corrected chi connectivity index (χ0v) is 11.9. The highest BCUT2D eigenvalue weighted by atomic mass is 35.5. The number of carbonyl (C=O) groups excluding carboxylic acids is 1. The summed E-state index contributed by atoms with van der Waals surface area (Å²) < 4.78 is 0. The van der Waals surface area contributed by atoms with Gasteiger partial charge in [0.25, 0.3) is 0 Å². The number of nitrogens with zero attached hydrogens (tertiary/aromatic N) is 1. The molecule has 1 aromatic carbocycles. The van der Waals surface area contributed by atoms with Crippen LogP contribution >= 0.6 is 11.6 Å². The Balaban J connectivity index is 2.68. The van der Waals surface area contributed by atoms with E-state index in [1.54, 1.807) is 4.90 Å². The van der Waals surface area contributed by atoms with E-state index in [1.165, 1.54) is 0 Å². The van der Waals surface area contributed by atoms with Crippen LogP contribution in [0.25, 0.3) is 0 Å². The van der Waals surface area contributed by atoms with Gasteiger partial charge in [-0.2, -0.15) is 0 Å². The predicted molar refractivity (Wildman–Crippen MR) is 76.8 cm³/mol. The Morgan fingerprint density at radius 3 is 2.68 bits per heavy atom. The summed E-state index contributed by atoms with van der Waals surface area (Å²) in [4.78, 5) is 13.9. The second kappa shape index (κ2) is 8.15. The third kappa shape index (κ3) is 4.82. The molecule has 0 fully saturated rings. The molecule has 5 heteroatoms. The molecule has 0 heterocycles. The van der Waals surface area contributed by atoms with Crippen molar-refractivity contribution in [1.29, 1.82) is 0 Å². The van der Waals surface area contributed by atoms with Crippen LogP contribution in [-0.4, -0.2) is 35.6 Å². The molecule has 4 nitrogen and oxygen atoms in total. The normalized spacial score (nSPS) is 12.2. The van der Waals surface area contributed by atoms with E-state index < -0.39 is 0 Å². The lowest BCUT2D eigenvalue weighted by atomic mass is 10.1. The molecule has 1 aromatic rings. The van der Waals surface area contributed by atoms with Crippen LogP contribution in [0.1, 0.15) is 18.9 Å². The smallest absolute Gasteiger partial charge is 0.223 e. The highest BCUT2D eigenvalue weighted by Gasteiger charge is 2.17. The van der Waals surface area contributed by atoms with E-state index in [1.807, 2.05) is 31.2 Å². The number of hydrogen-bond acceptors (Lipinski definition) is 3. The van der Waals surface area contributed by atoms with Gasteiger partial charge in [0.2, 0.25) is 5.91 Å². The van der Waals surface area contributed by atoms with Crippen molar-refractivity contribution in [2.75, 3.05) is 19.7 Å². The first-order valence-electron chi connectivity index (χ1n) is 6.44. The summed E-state index contributed by atoms with van der Waals surface area (Å²) in [5.41, 5.74) is 6.42. The van der Waals surface area contributed by atoms with Crippen molar-refractivity contribution in [1.82, 2.24) is 4.90 Å². The van der Waals surface area contributed by atoms with Crippen LogP contribution in [0.2, 0.25) is 5.02 Å². The molecule has 19 heavy (non-hydrogen) atoms. The predicted octanol–water partition coefficient (Wildman–Crippen LogP) is 1.65. The number of aliphatic hydroxyl groups is 1. The maximum atomic E-state index is 12.1. The number of hydrogen-bond donors (Lipinski definition) is 2. The minimum absolute atomic E-state index is 0.00748. The Labute approximate surface area is 119 Å². The number of carbonyl (C=O) groups is 1. The van der Waals surface area contributed by atoms with Crippen molar-refractivity contribution in [3.05, 3.63) is 34.9 Å². The molecule has 1 rings (SSSR count). The average molecular weight is 285 g/mol. The van der Waals surface area contributed by atoms with Gasteiger partial charge in [-0.05, 0) is 25.1 Å². The Hall–Kier alpha value is -1.10. The van der Waals surface area contributed by atoms with Gasteiger partial charge in [0.05, 0.1) is 0 Å². The van der Waals surface area contributed by atoms with Gasteiger partial charge >= 0.3 is 0 Å². The minimum Gasteiger partial charge on any atom is -0.396 e. The standard InChI is InChI=1S/C14H21ClN2O2/c1-2-17(14(19)7-11(8-16)10-18)9-12-5-3-4-6-13(12)15/h3-6,11,18H,2,7-10,16H2,1H3/t11-/m1/s1. The summed E-state index contributed by atoms with van der Waals surface area (Å²) in [6.45, 7) is 3.26. The second-order valence-electron chi connectivity index (χ2n) is 4.49. The molecular formula is C14H21ClN2O2. The summed E-state index contributed by atoms with van der Waals surface area (Å²) in [7, 11) is 0. The van der Waals surface area contributed by atoms with Crippen molar-refractivity contribution in [2.45, 2.75) is 19.9 Å². The number of nitrogens with two attached hydrogens (primary N) is 1. The van der Waals surface area contributed by atoms with E-state index in [-0.39, 0.29) is 24.9 Å². The van der Waals surface area contributed by atoms with Crippen molar-refractivity contribution in [2.24, 2.45) is 11.7 Å². The fraction of sp³-hybridized carbons (Fsp3) is 0.500. The van der Waals surface area contributed by atoms with E-state index >= 15 is 0 Å². The number of rotatable bonds is 7. The first-order valence-corrected chi connectivity index (χ1v) is 6.82. The van der Waals surface area contributed by atoms with Crippen molar-refractivity contribution >= 4 is 17.5 Å². The SMILES string of the molecule is CCN(Cc1ccccc1Cl)C(=O)C[C@H](CN)CO. The lowest BCUT2D eigenvalue weighted by molar-refractivity contribution is -0.132. The average Bonchev–Trinajstić information content (AvgIpc) is 2.43. The maximum Gasteiger partial charge on any atom is 0.223 e. The Morgan fingerprint density at radius 1 is 1.47 bits per heavy atom. The first kappa shape index (κ1) is 16.0. The van der Waals surface area contributed by atoms with Crippen LogP contribution in [0.4, 0.5) is 0 Å². The van der Waals surface area contributed by atoms with Crippen molar-refractivity contribution < 1.29 is 9.90 Å². The van der Waals surface area contributed by atoms with Gasteiger partial charge < -0.3 is 15.7 Å². The Kier molecular flexibility index (Phi) is 6.84. The number of amides is 1. The minimum atomic E-state index is -0.173. The van der Waals surface area contributed by atoms with E-state index in [0.29, 0.717) is 24.7 Å². The van der Waals surface area contributed by atoms with Crippen LogP contribution < -0.4 is 5.73 Å². The van der Waals surface area contributed by atoms with Gasteiger partial charge in [0.15, 0.2) is 0 Å². The zero-order chi connectivity index (χ0) is 14.3. The fourth-order valence-electron chi connectivity index (χ4n) is 1.81. The van der Waals surface area contributed by atoms with Crippen molar-refractivity contribution in [3.8, 4) is 0 Å². The number of aliphatic hydroxyl groups excluding tert-OH is 1. The molecule has 0 saturated heterocycles. The van der Waals surface area contributed by atoms with Gasteiger partial charge in [-0.15, -0.1) is 0 Å². The molecule has 1 amide bonds. The summed E-state index contributed by atoms with van der Waals surface area (Å²) >= 11 is 6.09. The third-order valence-electron chi connectivity index (χ3n) is 3.11. The highest BCUT2D eigenvalue weighted by Crippen LogP contribution is 2.18. The fourth-order valence-corrected chi connectivity index (χ4v) is 2.00. The largest absolute Gasteiger partial charge is 0.396 e. The van der Waals surface area contributed by atoms with Gasteiger partial charge in [0.1, 0.15) is 0 Å². The molecule has 0 radical (unpaired) electrons. The molecular weight excluding hydrogens is 264 g/mol. The van der Waals surface area contributed by atoms with E-state index in [2.05, 4.69) is 0 Å². The van der Waals surface area contributed by atoms with Gasteiger partial charge in [0, 0.05) is 37.1 Å². The van der Waals surface area contributed by atoms with Crippen LogP contribution in [0.15, 0.2) is 24.3 Å². The summed E-state index contributed by atoms with van der Waals surface area (Å²) in [5, 5.41) is 9.75. The molecule has 0 saturated carbocycles. The lowest BCUT2D eigenvalue weighted by Gasteiger charge is -2.23. The summed E-state index contributed by atoms with van der Waals surface area (Å²) in [5.74, 6) is -0.181. The van der Waals surface area contributed by atoms with Crippen LogP contribution in [0.3, 0.4) is 0 Å². The van der Waals surface area contributed by atoms with Crippen molar-refractivity contribution in [3.63, 3.8) is 0 Å². The summed E-state index contributed by atoms with van der Waals surface area (Å²) in [6, 6.07) is 7.48. The van der Waals surface area contributed by atoms with Gasteiger partial charge in [-0.25, -0.2) is 0 Å².